The minimum atomic E-state index is -0.0633. The molecule has 3 heteroatoms. The minimum Gasteiger partial charge on any atom is -0.508 e. The third kappa shape index (κ3) is 2.09. The highest BCUT2D eigenvalue weighted by Crippen LogP contribution is 2.34. The van der Waals surface area contributed by atoms with Gasteiger partial charge in [-0.15, -0.1) is 0 Å². The van der Waals surface area contributed by atoms with Crippen LogP contribution in [-0.4, -0.2) is 11.7 Å². The van der Waals surface area contributed by atoms with Gasteiger partial charge in [-0.05, 0) is 47.4 Å². The van der Waals surface area contributed by atoms with Crippen molar-refractivity contribution in [3.63, 3.8) is 0 Å². The van der Waals surface area contributed by atoms with Crippen LogP contribution in [0, 0.1) is 0 Å². The predicted octanol–water partition coefficient (Wildman–Crippen LogP) is 3.71. The Labute approximate surface area is 111 Å². The summed E-state index contributed by atoms with van der Waals surface area (Å²) in [5, 5.41) is 10.2. The van der Waals surface area contributed by atoms with Crippen molar-refractivity contribution in [1.29, 1.82) is 0 Å². The molecule has 0 saturated heterocycles. The van der Waals surface area contributed by atoms with Crippen molar-refractivity contribution in [3.8, 4) is 5.75 Å². The monoisotopic (exact) mass is 260 g/mol. The van der Waals surface area contributed by atoms with E-state index in [0.29, 0.717) is 12.4 Å². The van der Waals surface area contributed by atoms with Crippen molar-refractivity contribution >= 4 is 11.6 Å². The van der Waals surface area contributed by atoms with Crippen LogP contribution in [0.25, 0.3) is 0 Å². The van der Waals surface area contributed by atoms with Crippen molar-refractivity contribution in [1.82, 2.24) is 0 Å². The molecule has 18 heavy (non-hydrogen) atoms. The van der Waals surface area contributed by atoms with Gasteiger partial charge in [0, 0.05) is 5.02 Å². The van der Waals surface area contributed by atoms with Crippen LogP contribution in [0.15, 0.2) is 42.5 Å². The number of halogens is 1. The Hall–Kier alpha value is -1.51. The molecule has 0 saturated carbocycles. The third-order valence-corrected chi connectivity index (χ3v) is 3.49. The van der Waals surface area contributed by atoms with Gasteiger partial charge in [-0.2, -0.15) is 0 Å². The second kappa shape index (κ2) is 4.63. The van der Waals surface area contributed by atoms with E-state index in [1.807, 2.05) is 36.4 Å². The highest BCUT2D eigenvalue weighted by atomic mass is 35.5. The summed E-state index contributed by atoms with van der Waals surface area (Å²) in [6.07, 6.45) is 0.778. The van der Waals surface area contributed by atoms with Crippen LogP contribution in [0.2, 0.25) is 5.02 Å². The van der Waals surface area contributed by atoms with Gasteiger partial charge >= 0.3 is 0 Å². The zero-order valence-electron chi connectivity index (χ0n) is 9.77. The molecule has 0 fully saturated rings. The summed E-state index contributed by atoms with van der Waals surface area (Å²) in [5.74, 6) is 0.311. The number of phenols is 1. The standard InChI is InChI=1S/C15H13ClO2/c16-12-3-1-10(2-4-12)15-14-6-5-13(17)9-11(14)7-8-18-15/h1-6,9,15,17H,7-8H2. The molecular formula is C15H13ClO2. The Balaban J connectivity index is 2.03. The largest absolute Gasteiger partial charge is 0.508 e. The molecule has 1 heterocycles. The van der Waals surface area contributed by atoms with Gasteiger partial charge in [0.1, 0.15) is 11.9 Å². The molecule has 1 unspecified atom stereocenters. The lowest BCUT2D eigenvalue weighted by Crippen LogP contribution is -2.17. The number of hydrogen-bond donors (Lipinski definition) is 1. The second-order valence-electron chi connectivity index (χ2n) is 4.44. The van der Waals surface area contributed by atoms with Crippen LogP contribution in [-0.2, 0) is 11.2 Å². The molecule has 92 valence electrons. The molecule has 0 spiro atoms. The molecule has 0 radical (unpaired) electrons. The average molecular weight is 261 g/mol. The van der Waals surface area contributed by atoms with Gasteiger partial charge in [-0.1, -0.05) is 29.8 Å². The van der Waals surface area contributed by atoms with Crippen LogP contribution in [0.1, 0.15) is 22.8 Å². The van der Waals surface area contributed by atoms with Gasteiger partial charge in [0.05, 0.1) is 6.61 Å². The summed E-state index contributed by atoms with van der Waals surface area (Å²) in [7, 11) is 0. The molecule has 0 aromatic heterocycles. The van der Waals surface area contributed by atoms with E-state index in [0.717, 1.165) is 28.1 Å². The number of rotatable bonds is 1. The first kappa shape index (κ1) is 11.6. The lowest BCUT2D eigenvalue weighted by Gasteiger charge is -2.26. The summed E-state index contributed by atoms with van der Waals surface area (Å²) < 4.78 is 5.85. The maximum absolute atomic E-state index is 9.52. The van der Waals surface area contributed by atoms with E-state index in [1.165, 1.54) is 0 Å². The summed E-state index contributed by atoms with van der Waals surface area (Å²) in [5.41, 5.74) is 3.37. The molecule has 2 aromatic carbocycles. The second-order valence-corrected chi connectivity index (χ2v) is 4.87. The summed E-state index contributed by atoms with van der Waals surface area (Å²) in [4.78, 5) is 0. The Kier molecular flexibility index (Phi) is 2.98. The molecule has 0 bridgehead atoms. The van der Waals surface area contributed by atoms with Gasteiger partial charge in [0.25, 0.3) is 0 Å². The summed E-state index contributed by atoms with van der Waals surface area (Å²) in [6.45, 7) is 0.670. The maximum atomic E-state index is 9.52. The number of ether oxygens (including phenoxy) is 1. The van der Waals surface area contributed by atoms with E-state index < -0.39 is 0 Å². The highest BCUT2D eigenvalue weighted by Gasteiger charge is 2.22. The zero-order chi connectivity index (χ0) is 12.5. The van der Waals surface area contributed by atoms with Crippen LogP contribution in [0.4, 0.5) is 0 Å². The Bertz CT molecular complexity index is 563. The molecule has 3 rings (SSSR count). The maximum Gasteiger partial charge on any atom is 0.115 e. The van der Waals surface area contributed by atoms with Gasteiger partial charge in [0.15, 0.2) is 0 Å². The van der Waals surface area contributed by atoms with Crippen molar-refractivity contribution in [2.24, 2.45) is 0 Å². The lowest BCUT2D eigenvalue weighted by molar-refractivity contribution is 0.0697. The van der Waals surface area contributed by atoms with Crippen molar-refractivity contribution in [2.45, 2.75) is 12.5 Å². The molecule has 1 aliphatic heterocycles. The zero-order valence-corrected chi connectivity index (χ0v) is 10.5. The van der Waals surface area contributed by atoms with Gasteiger partial charge < -0.3 is 9.84 Å². The third-order valence-electron chi connectivity index (χ3n) is 3.24. The minimum absolute atomic E-state index is 0.0633. The average Bonchev–Trinajstić information content (AvgIpc) is 2.38. The van der Waals surface area contributed by atoms with Crippen LogP contribution < -0.4 is 0 Å². The van der Waals surface area contributed by atoms with Crippen molar-refractivity contribution < 1.29 is 9.84 Å². The first-order chi connectivity index (χ1) is 8.74. The Morgan fingerprint density at radius 1 is 1.11 bits per heavy atom. The SMILES string of the molecule is Oc1ccc2c(c1)CCOC2c1ccc(Cl)cc1. The molecule has 1 N–H and O–H groups in total. The van der Waals surface area contributed by atoms with Crippen LogP contribution in [0.3, 0.4) is 0 Å². The predicted molar refractivity (Wildman–Crippen MR) is 71.1 cm³/mol. The van der Waals surface area contributed by atoms with Crippen LogP contribution >= 0.6 is 11.6 Å². The first-order valence-electron chi connectivity index (χ1n) is 5.93. The quantitative estimate of drug-likeness (QED) is 0.847. The topological polar surface area (TPSA) is 29.5 Å². The Morgan fingerprint density at radius 3 is 2.67 bits per heavy atom. The lowest BCUT2D eigenvalue weighted by atomic mass is 9.93. The molecule has 2 nitrogen and oxygen atoms in total. The first-order valence-corrected chi connectivity index (χ1v) is 6.31. The molecular weight excluding hydrogens is 248 g/mol. The Morgan fingerprint density at radius 2 is 1.89 bits per heavy atom. The number of benzene rings is 2. The number of fused-ring (bicyclic) bond motifs is 1. The molecule has 1 aliphatic rings. The normalized spacial score (nSPS) is 18.4. The van der Waals surface area contributed by atoms with E-state index in [-0.39, 0.29) is 6.10 Å². The summed E-state index contributed by atoms with van der Waals surface area (Å²) in [6, 6.07) is 13.2. The fraction of sp³-hybridized carbons (Fsp3) is 0.200. The number of phenolic OH excluding ortho intramolecular Hbond substituents is 1. The van der Waals surface area contributed by atoms with E-state index in [4.69, 9.17) is 16.3 Å². The molecule has 0 aliphatic carbocycles. The van der Waals surface area contributed by atoms with Gasteiger partial charge in [-0.3, -0.25) is 0 Å². The number of aromatic hydroxyl groups is 1. The number of hydrogen-bond acceptors (Lipinski definition) is 2. The van der Waals surface area contributed by atoms with E-state index in [2.05, 4.69) is 0 Å². The van der Waals surface area contributed by atoms with Crippen molar-refractivity contribution in [2.75, 3.05) is 6.61 Å². The van der Waals surface area contributed by atoms with E-state index >= 15 is 0 Å². The van der Waals surface area contributed by atoms with Gasteiger partial charge in [-0.25, -0.2) is 0 Å². The van der Waals surface area contributed by atoms with Crippen molar-refractivity contribution in [3.05, 3.63) is 64.2 Å². The smallest absolute Gasteiger partial charge is 0.115 e. The fourth-order valence-electron chi connectivity index (χ4n) is 2.35. The van der Waals surface area contributed by atoms with E-state index in [1.54, 1.807) is 6.07 Å². The van der Waals surface area contributed by atoms with Crippen LogP contribution in [0.5, 0.6) is 5.75 Å². The molecule has 0 amide bonds. The van der Waals surface area contributed by atoms with E-state index in [9.17, 15) is 5.11 Å². The fourth-order valence-corrected chi connectivity index (χ4v) is 2.48. The molecule has 2 aromatic rings. The van der Waals surface area contributed by atoms with Gasteiger partial charge in [0.2, 0.25) is 0 Å². The molecule has 1 atom stereocenters. The summed E-state index contributed by atoms with van der Waals surface area (Å²) >= 11 is 5.90. The highest BCUT2D eigenvalue weighted by molar-refractivity contribution is 6.30.